The molecular weight excluding hydrogens is 1310 g/mol. The zero-order valence-electron chi connectivity index (χ0n) is 54.8. The van der Waals surface area contributed by atoms with Crippen molar-refractivity contribution >= 4 is 103 Å². The van der Waals surface area contributed by atoms with E-state index >= 15 is 0 Å². The largest absolute Gasteiger partial charge is 0.453 e. The number of rotatable bonds is 9. The molecule has 1 unspecified atom stereocenters. The molecule has 1 N–H and O–H groups in total. The molecular formula is C90H60ClN9O4. The minimum Gasteiger partial charge on any atom is -0.453 e. The van der Waals surface area contributed by atoms with E-state index in [1.165, 1.54) is 0 Å². The van der Waals surface area contributed by atoms with Gasteiger partial charge in [-0.3, -0.25) is 0 Å². The number of ether oxygens (including phenoxy) is 4. The summed E-state index contributed by atoms with van der Waals surface area (Å²) in [6.45, 7) is 14.4. The van der Waals surface area contributed by atoms with Gasteiger partial charge >= 0.3 is 0 Å². The van der Waals surface area contributed by atoms with E-state index in [1.807, 2.05) is 231 Å². The van der Waals surface area contributed by atoms with Gasteiger partial charge in [0.15, 0.2) is 57.4 Å². The first-order chi connectivity index (χ1) is 50.8. The number of fused-ring (bicyclic) bond motifs is 8. The van der Waals surface area contributed by atoms with Crippen molar-refractivity contribution in [2.75, 3.05) is 24.9 Å². The van der Waals surface area contributed by atoms with Crippen LogP contribution in [0.3, 0.4) is 0 Å². The Kier molecular flexibility index (Phi) is 18.1. The highest BCUT2D eigenvalue weighted by Crippen LogP contribution is 2.57. The van der Waals surface area contributed by atoms with E-state index < -0.39 is 0 Å². The van der Waals surface area contributed by atoms with Gasteiger partial charge in [-0.25, -0.2) is 9.69 Å². The van der Waals surface area contributed by atoms with Crippen LogP contribution in [-0.4, -0.2) is 0 Å². The summed E-state index contributed by atoms with van der Waals surface area (Å²) in [5, 5.41) is 22.1. The summed E-state index contributed by atoms with van der Waals surface area (Å²) in [6, 6.07) is 112. The average Bonchev–Trinajstić information content (AvgIpc) is 0.753. The van der Waals surface area contributed by atoms with E-state index in [0.717, 1.165) is 142 Å². The van der Waals surface area contributed by atoms with Gasteiger partial charge in [0.05, 0.1) is 81.9 Å². The van der Waals surface area contributed by atoms with Crippen LogP contribution in [0.1, 0.15) is 41.2 Å². The third-order valence-corrected chi connectivity index (χ3v) is 18.1. The fourth-order valence-corrected chi connectivity index (χ4v) is 13.5. The molecule has 14 aromatic rings. The lowest BCUT2D eigenvalue weighted by molar-refractivity contribution is 0.476. The molecule has 0 aliphatic carbocycles. The lowest BCUT2D eigenvalue weighted by Gasteiger charge is -2.36. The molecule has 13 nitrogen and oxygen atoms in total. The lowest BCUT2D eigenvalue weighted by Crippen LogP contribution is -2.19. The zero-order valence-corrected chi connectivity index (χ0v) is 55.6. The van der Waals surface area contributed by atoms with Crippen LogP contribution in [0.25, 0.3) is 9.69 Å². The number of benzene rings is 14. The Morgan fingerprint density at radius 1 is 0.308 bits per heavy atom. The normalized spacial score (nSPS) is 12.2. The highest BCUT2D eigenvalue weighted by atomic mass is 35.5. The van der Waals surface area contributed by atoms with Gasteiger partial charge in [0.1, 0.15) is 0 Å². The van der Waals surface area contributed by atoms with Gasteiger partial charge in [-0.05, 0) is 199 Å². The predicted molar refractivity (Wildman–Crippen MR) is 416 cm³/mol. The summed E-state index contributed by atoms with van der Waals surface area (Å²) in [5.41, 5.74) is 18.7. The smallest absolute Gasteiger partial charge is 0.187 e. The molecule has 0 amide bonds. The molecule has 104 heavy (non-hydrogen) atoms. The van der Waals surface area contributed by atoms with Crippen molar-refractivity contribution in [1.29, 1.82) is 10.5 Å². The predicted octanol–water partition coefficient (Wildman–Crippen LogP) is 26.4. The van der Waals surface area contributed by atoms with E-state index in [-0.39, 0.29) is 13.3 Å². The Hall–Kier alpha value is -14.5. The van der Waals surface area contributed by atoms with Crippen molar-refractivity contribution in [2.45, 2.75) is 13.3 Å². The Morgan fingerprint density at radius 2 is 0.548 bits per heavy atom. The molecule has 0 saturated carbocycles. The quantitative estimate of drug-likeness (QED) is 0.110. The first-order valence-corrected chi connectivity index (χ1v) is 33.5. The standard InChI is InChI=1S/C45H28N4O2.C30H19ClN2O2.C14H9N3.CH4/c1-47-34-24-22-32(23-25-34)45(31-20-18-30(29-46)19-21-31)33-26-35(48-37-10-2-6-14-41(37)50-42-15-7-3-11-38(42)48)28-36(27-33)49-39-12-4-8-16-43(39)51-44-17-9-5-13-40(44)49;31-20-17-21(32-23-9-1-5-13-27(23)34-28-14-6-2-10-24(28)32)19-22(18-20)33-25-11-3-7-15-29(25)35-30-16-8-4-12-26(30)33;1-16-12-6-8-14(9-7-12)17-13-4-2-11(10-15)3-5-13;/h2-28,45H;1-19H;2-9,17H;1H4. The van der Waals surface area contributed by atoms with Gasteiger partial charge in [-0.1, -0.05) is 165 Å². The summed E-state index contributed by atoms with van der Waals surface area (Å²) in [6.07, 6.45) is 0. The maximum Gasteiger partial charge on any atom is 0.187 e. The molecule has 14 heteroatoms. The van der Waals surface area contributed by atoms with Gasteiger partial charge in [-0.15, -0.1) is 0 Å². The van der Waals surface area contributed by atoms with E-state index in [2.05, 4.69) is 120 Å². The third-order valence-electron chi connectivity index (χ3n) is 17.9. The maximum absolute atomic E-state index is 9.63. The van der Waals surface area contributed by atoms with Gasteiger partial charge in [0, 0.05) is 45.1 Å². The number of para-hydroxylation sites is 16. The second-order valence-electron chi connectivity index (χ2n) is 24.3. The summed E-state index contributed by atoms with van der Waals surface area (Å²) < 4.78 is 25.2. The van der Waals surface area contributed by atoms with Crippen LogP contribution >= 0.6 is 11.6 Å². The Labute approximate surface area is 608 Å². The summed E-state index contributed by atoms with van der Waals surface area (Å²) in [7, 11) is 0. The number of halogens is 1. The molecule has 14 aromatic carbocycles. The molecule has 1 atom stereocenters. The average molecular weight is 1370 g/mol. The van der Waals surface area contributed by atoms with E-state index in [0.29, 0.717) is 27.5 Å². The van der Waals surface area contributed by atoms with Crippen molar-refractivity contribution in [3.63, 3.8) is 0 Å². The summed E-state index contributed by atoms with van der Waals surface area (Å²) in [4.78, 5) is 15.9. The highest BCUT2D eigenvalue weighted by Gasteiger charge is 2.33. The Morgan fingerprint density at radius 3 is 0.827 bits per heavy atom. The molecule has 0 radical (unpaired) electrons. The van der Waals surface area contributed by atoms with E-state index in [9.17, 15) is 5.26 Å². The van der Waals surface area contributed by atoms with Crippen LogP contribution in [-0.2, 0) is 0 Å². The van der Waals surface area contributed by atoms with Crippen LogP contribution in [0, 0.1) is 35.8 Å². The van der Waals surface area contributed by atoms with Crippen LogP contribution in [0.2, 0.25) is 5.02 Å². The minimum absolute atomic E-state index is 0. The number of nitrogens with one attached hydrogen (secondary N) is 1. The van der Waals surface area contributed by atoms with Gasteiger partial charge < -0.3 is 43.9 Å². The Balaban J connectivity index is 0.000000141. The number of hydrogen-bond acceptors (Lipinski definition) is 11. The molecule has 0 bridgehead atoms. The molecule has 0 aromatic heterocycles. The molecule has 4 heterocycles. The van der Waals surface area contributed by atoms with Crippen LogP contribution in [0.15, 0.2) is 328 Å². The van der Waals surface area contributed by atoms with Gasteiger partial charge in [0.25, 0.3) is 0 Å². The van der Waals surface area contributed by atoms with Crippen LogP contribution < -0.4 is 43.9 Å². The van der Waals surface area contributed by atoms with Crippen molar-refractivity contribution in [2.24, 2.45) is 0 Å². The second kappa shape index (κ2) is 28.8. The van der Waals surface area contributed by atoms with Crippen molar-refractivity contribution in [3.8, 4) is 58.1 Å². The third kappa shape index (κ3) is 12.9. The molecule has 18 rings (SSSR count). The van der Waals surface area contributed by atoms with Crippen molar-refractivity contribution < 1.29 is 18.9 Å². The number of anilines is 14. The maximum atomic E-state index is 9.63. The van der Waals surface area contributed by atoms with Crippen LogP contribution in [0.4, 0.5) is 91.0 Å². The van der Waals surface area contributed by atoms with Crippen LogP contribution in [0.5, 0.6) is 46.0 Å². The molecule has 0 fully saturated rings. The van der Waals surface area contributed by atoms with Gasteiger partial charge in [0.2, 0.25) is 0 Å². The SMILES string of the molecule is C.Clc1cc(N2c3ccccc3Oc3ccccc32)cc(N2c3ccccc3Oc3ccccc32)c1.[C-]#[N+]c1ccc(C(c2ccc(C#N)cc2)c2cc(N3c4ccccc4Oc4ccccc43)cc(N3c4ccccc4Oc4ccccc43)c2)cc1.[C-]#[N+]c1ccc(Nc2ccc(C#N)cc2)cc1. The Bertz CT molecular complexity index is 5220. The van der Waals surface area contributed by atoms with Crippen molar-refractivity contribution in [1.82, 2.24) is 0 Å². The molecule has 496 valence electrons. The second-order valence-corrected chi connectivity index (χ2v) is 24.7. The number of hydrogen-bond donors (Lipinski definition) is 1. The molecule has 4 aliphatic heterocycles. The topological polar surface area (TPSA) is 118 Å². The first-order valence-electron chi connectivity index (χ1n) is 33.1. The lowest BCUT2D eigenvalue weighted by atomic mass is 9.84. The molecule has 0 spiro atoms. The summed E-state index contributed by atoms with van der Waals surface area (Å²) >= 11 is 6.78. The fraction of sp³-hybridized carbons (Fsp3) is 0.0222. The minimum atomic E-state index is -0.228. The van der Waals surface area contributed by atoms with Gasteiger partial charge in [-0.2, -0.15) is 10.5 Å². The number of nitriles is 2. The molecule has 0 saturated heterocycles. The summed E-state index contributed by atoms with van der Waals surface area (Å²) in [5.74, 6) is 6.04. The first kappa shape index (κ1) is 65.5. The van der Waals surface area contributed by atoms with Crippen molar-refractivity contribution in [3.05, 3.63) is 383 Å². The molecule has 4 aliphatic rings. The van der Waals surface area contributed by atoms with E-state index in [1.54, 1.807) is 24.3 Å². The zero-order chi connectivity index (χ0) is 69.8. The monoisotopic (exact) mass is 1370 g/mol. The fourth-order valence-electron chi connectivity index (χ4n) is 13.3. The van der Waals surface area contributed by atoms with E-state index in [4.69, 9.17) is 49.0 Å². The number of nitrogens with zero attached hydrogens (tertiary/aromatic N) is 8. The highest BCUT2D eigenvalue weighted by molar-refractivity contribution is 6.31.